The number of aryl methyl sites for hydroxylation is 1. The van der Waals surface area contributed by atoms with Crippen molar-refractivity contribution in [1.29, 1.82) is 0 Å². The highest BCUT2D eigenvalue weighted by molar-refractivity contribution is 6.39. The number of amides is 4. The summed E-state index contributed by atoms with van der Waals surface area (Å²) in [6.07, 6.45) is 5.17. The normalized spacial score (nSPS) is 19.5. The average Bonchev–Trinajstić information content (AvgIpc) is 3.26. The Balaban J connectivity index is 1.45. The van der Waals surface area contributed by atoms with Crippen molar-refractivity contribution < 1.29 is 23.9 Å². The van der Waals surface area contributed by atoms with E-state index < -0.39 is 17.8 Å². The van der Waals surface area contributed by atoms with E-state index in [1.165, 1.54) is 19.3 Å². The van der Waals surface area contributed by atoms with Crippen molar-refractivity contribution in [3.8, 4) is 11.5 Å². The molecule has 8 heteroatoms. The number of carbonyl (C=O) groups is 3. The number of barbiturate groups is 1. The van der Waals surface area contributed by atoms with Gasteiger partial charge in [0.25, 0.3) is 11.8 Å². The third kappa shape index (κ3) is 3.57. The number of hydrogen-bond acceptors (Lipinski definition) is 6. The molecule has 32 heavy (non-hydrogen) atoms. The topological polar surface area (TPSA) is 88.2 Å². The molecule has 3 heterocycles. The number of nitrogens with one attached hydrogen (secondary N) is 1. The van der Waals surface area contributed by atoms with Gasteiger partial charge in [0.15, 0.2) is 11.5 Å². The summed E-state index contributed by atoms with van der Waals surface area (Å²) in [6, 6.07) is 9.95. The number of benzene rings is 2. The van der Waals surface area contributed by atoms with Crippen molar-refractivity contribution >= 4 is 35.3 Å². The minimum atomic E-state index is -0.798. The Morgan fingerprint density at radius 1 is 0.906 bits per heavy atom. The molecule has 0 atom stereocenters. The quantitative estimate of drug-likeness (QED) is 0.590. The molecule has 3 aliphatic rings. The molecule has 8 nitrogen and oxygen atoms in total. The molecule has 0 aliphatic carbocycles. The lowest BCUT2D eigenvalue weighted by Crippen LogP contribution is -2.54. The van der Waals surface area contributed by atoms with Gasteiger partial charge in [0.1, 0.15) is 5.57 Å². The van der Waals surface area contributed by atoms with Crippen molar-refractivity contribution in [3.05, 3.63) is 53.1 Å². The van der Waals surface area contributed by atoms with E-state index in [0.717, 1.165) is 34.8 Å². The van der Waals surface area contributed by atoms with E-state index in [1.807, 2.05) is 19.1 Å². The van der Waals surface area contributed by atoms with E-state index in [1.54, 1.807) is 24.3 Å². The second-order valence-electron chi connectivity index (χ2n) is 8.08. The molecule has 0 aromatic heterocycles. The summed E-state index contributed by atoms with van der Waals surface area (Å²) < 4.78 is 10.6. The number of nitrogens with zero attached hydrogens (tertiary/aromatic N) is 2. The monoisotopic (exact) mass is 433 g/mol. The maximum absolute atomic E-state index is 13.2. The summed E-state index contributed by atoms with van der Waals surface area (Å²) in [7, 11) is 0. The van der Waals surface area contributed by atoms with Crippen LogP contribution in [-0.4, -0.2) is 37.7 Å². The maximum atomic E-state index is 13.2. The van der Waals surface area contributed by atoms with Crippen LogP contribution in [0.1, 0.15) is 30.4 Å². The van der Waals surface area contributed by atoms with Crippen molar-refractivity contribution in [3.63, 3.8) is 0 Å². The molecule has 5 rings (SSSR count). The van der Waals surface area contributed by atoms with Gasteiger partial charge in [-0.05, 0) is 67.7 Å². The Bertz CT molecular complexity index is 1150. The van der Waals surface area contributed by atoms with Crippen LogP contribution >= 0.6 is 0 Å². The van der Waals surface area contributed by atoms with Crippen LogP contribution in [-0.2, 0) is 9.59 Å². The van der Waals surface area contributed by atoms with Crippen molar-refractivity contribution in [2.45, 2.75) is 26.2 Å². The number of imide groups is 2. The molecule has 2 aromatic rings. The second-order valence-corrected chi connectivity index (χ2v) is 8.08. The van der Waals surface area contributed by atoms with E-state index >= 15 is 0 Å². The number of ether oxygens (including phenoxy) is 2. The third-order valence-electron chi connectivity index (χ3n) is 5.99. The van der Waals surface area contributed by atoms with Crippen LogP contribution in [0.4, 0.5) is 16.2 Å². The summed E-state index contributed by atoms with van der Waals surface area (Å²) >= 11 is 0. The zero-order valence-electron chi connectivity index (χ0n) is 17.7. The van der Waals surface area contributed by atoms with Gasteiger partial charge in [0.2, 0.25) is 6.79 Å². The zero-order valence-corrected chi connectivity index (χ0v) is 17.7. The number of urea groups is 1. The number of hydrogen-bond donors (Lipinski definition) is 1. The Morgan fingerprint density at radius 3 is 2.44 bits per heavy atom. The molecule has 3 aliphatic heterocycles. The van der Waals surface area contributed by atoms with Gasteiger partial charge < -0.3 is 14.4 Å². The molecule has 164 valence electrons. The molecule has 0 spiro atoms. The van der Waals surface area contributed by atoms with Gasteiger partial charge in [0.05, 0.1) is 5.69 Å². The molecular formula is C24H23N3O5. The first-order chi connectivity index (χ1) is 15.5. The van der Waals surface area contributed by atoms with Gasteiger partial charge in [-0.2, -0.15) is 0 Å². The van der Waals surface area contributed by atoms with Gasteiger partial charge in [-0.15, -0.1) is 0 Å². The Kier molecular flexibility index (Phi) is 5.05. The predicted molar refractivity (Wildman–Crippen MR) is 119 cm³/mol. The van der Waals surface area contributed by atoms with Crippen LogP contribution in [0, 0.1) is 6.92 Å². The SMILES string of the molecule is Cc1cc(N2CCCCC2)ccc1/C=C1\C(=O)NC(=O)N(c2ccc3c(c2)OCO3)C1=O. The molecule has 2 saturated heterocycles. The highest BCUT2D eigenvalue weighted by atomic mass is 16.7. The predicted octanol–water partition coefficient (Wildman–Crippen LogP) is 3.38. The van der Waals surface area contributed by atoms with E-state index in [0.29, 0.717) is 17.2 Å². The summed E-state index contributed by atoms with van der Waals surface area (Å²) in [5, 5.41) is 2.26. The molecular weight excluding hydrogens is 410 g/mol. The Hall–Kier alpha value is -3.81. The van der Waals surface area contributed by atoms with Crippen molar-refractivity contribution in [1.82, 2.24) is 5.32 Å². The summed E-state index contributed by atoms with van der Waals surface area (Å²) in [4.78, 5) is 41.4. The molecule has 0 bridgehead atoms. The van der Waals surface area contributed by atoms with Crippen LogP contribution in [0.25, 0.3) is 6.08 Å². The van der Waals surface area contributed by atoms with Crippen molar-refractivity contribution in [2.75, 3.05) is 29.7 Å². The fourth-order valence-corrected chi connectivity index (χ4v) is 4.24. The number of carbonyl (C=O) groups excluding carboxylic acids is 3. The minimum absolute atomic E-state index is 0.0786. The number of anilines is 2. The highest BCUT2D eigenvalue weighted by Crippen LogP contribution is 2.36. The van der Waals surface area contributed by atoms with Gasteiger partial charge in [0, 0.05) is 24.8 Å². The molecule has 0 unspecified atom stereocenters. The van der Waals surface area contributed by atoms with Gasteiger partial charge in [-0.1, -0.05) is 6.07 Å². The van der Waals surface area contributed by atoms with Gasteiger partial charge >= 0.3 is 6.03 Å². The lowest BCUT2D eigenvalue weighted by atomic mass is 10.0. The maximum Gasteiger partial charge on any atom is 0.335 e. The first-order valence-electron chi connectivity index (χ1n) is 10.7. The van der Waals surface area contributed by atoms with Gasteiger partial charge in [-0.25, -0.2) is 9.69 Å². The van der Waals surface area contributed by atoms with E-state index in [4.69, 9.17) is 9.47 Å². The zero-order chi connectivity index (χ0) is 22.2. The second kappa shape index (κ2) is 8.03. The molecule has 1 N–H and O–H groups in total. The van der Waals surface area contributed by atoms with E-state index in [-0.39, 0.29) is 12.4 Å². The Morgan fingerprint density at radius 2 is 1.66 bits per heavy atom. The van der Waals surface area contributed by atoms with E-state index in [9.17, 15) is 14.4 Å². The molecule has 0 saturated carbocycles. The number of piperidine rings is 1. The summed E-state index contributed by atoms with van der Waals surface area (Å²) in [5.41, 5.74) is 3.04. The molecule has 0 radical (unpaired) electrons. The Labute approximate surface area is 185 Å². The van der Waals surface area contributed by atoms with Crippen LogP contribution in [0.2, 0.25) is 0 Å². The number of rotatable bonds is 3. The lowest BCUT2D eigenvalue weighted by molar-refractivity contribution is -0.122. The van der Waals surface area contributed by atoms with Crippen molar-refractivity contribution in [2.24, 2.45) is 0 Å². The first-order valence-corrected chi connectivity index (χ1v) is 10.7. The highest BCUT2D eigenvalue weighted by Gasteiger charge is 2.37. The smallest absolute Gasteiger partial charge is 0.335 e. The fraction of sp³-hybridized carbons (Fsp3) is 0.292. The first kappa shape index (κ1) is 20.1. The van der Waals surface area contributed by atoms with Crippen LogP contribution in [0.5, 0.6) is 11.5 Å². The third-order valence-corrected chi connectivity index (χ3v) is 5.99. The standard InChI is InChI=1S/C24H23N3O5/c1-15-11-17(26-9-3-2-4-10-26)6-5-16(15)12-19-22(28)25-24(30)27(23(19)29)18-7-8-20-21(13-18)32-14-31-20/h5-8,11-13H,2-4,9-10,14H2,1H3,(H,25,28,30)/b19-12+. The van der Waals surface area contributed by atoms with Crippen LogP contribution in [0.15, 0.2) is 42.0 Å². The minimum Gasteiger partial charge on any atom is -0.454 e. The molecule has 2 fully saturated rings. The summed E-state index contributed by atoms with van der Waals surface area (Å²) in [5.74, 6) is -0.418. The van der Waals surface area contributed by atoms with Crippen LogP contribution in [0.3, 0.4) is 0 Å². The molecule has 2 aromatic carbocycles. The lowest BCUT2D eigenvalue weighted by Gasteiger charge is -2.29. The van der Waals surface area contributed by atoms with E-state index in [2.05, 4.69) is 16.3 Å². The fourth-order valence-electron chi connectivity index (χ4n) is 4.24. The summed E-state index contributed by atoms with van der Waals surface area (Å²) in [6.45, 7) is 4.10. The average molecular weight is 433 g/mol. The van der Waals surface area contributed by atoms with Gasteiger partial charge in [-0.3, -0.25) is 14.9 Å². The largest absolute Gasteiger partial charge is 0.454 e. The van der Waals surface area contributed by atoms with Crippen LogP contribution < -0.4 is 24.6 Å². The molecule has 4 amide bonds. The number of fused-ring (bicyclic) bond motifs is 1.